The van der Waals surface area contributed by atoms with Crippen LogP contribution in [0.25, 0.3) is 0 Å². The maximum Gasteiger partial charge on any atom is 0.0734 e. The first-order valence-corrected chi connectivity index (χ1v) is 8.03. The normalized spacial score (nSPS) is 25.2. The van der Waals surface area contributed by atoms with E-state index < -0.39 is 0 Å². The van der Waals surface area contributed by atoms with Crippen molar-refractivity contribution in [2.75, 3.05) is 40.1 Å². The number of methoxy groups -OCH3 is 1. The Labute approximate surface area is 124 Å². The highest BCUT2D eigenvalue weighted by Gasteiger charge is 2.41. The van der Waals surface area contributed by atoms with Crippen LogP contribution >= 0.6 is 0 Å². The van der Waals surface area contributed by atoms with Gasteiger partial charge in [-0.05, 0) is 37.6 Å². The van der Waals surface area contributed by atoms with Crippen LogP contribution in [0.3, 0.4) is 0 Å². The minimum atomic E-state index is 0.332. The standard InChI is InChI=1S/C16H33NO3/c1-5-9-17-15-14(7-8-16(15,2)3)20-13-12-19-11-6-10-18-4/h14-15,17H,5-13H2,1-4H3. The van der Waals surface area contributed by atoms with Crippen LogP contribution in [0.1, 0.15) is 46.5 Å². The van der Waals surface area contributed by atoms with Gasteiger partial charge in [0.2, 0.25) is 0 Å². The monoisotopic (exact) mass is 287 g/mol. The van der Waals surface area contributed by atoms with Gasteiger partial charge < -0.3 is 19.5 Å². The zero-order valence-electron chi connectivity index (χ0n) is 13.7. The smallest absolute Gasteiger partial charge is 0.0734 e. The van der Waals surface area contributed by atoms with Crippen LogP contribution in [-0.2, 0) is 14.2 Å². The van der Waals surface area contributed by atoms with Crippen molar-refractivity contribution < 1.29 is 14.2 Å². The number of hydrogen-bond donors (Lipinski definition) is 1. The zero-order valence-corrected chi connectivity index (χ0v) is 13.7. The Morgan fingerprint density at radius 3 is 2.65 bits per heavy atom. The van der Waals surface area contributed by atoms with Crippen molar-refractivity contribution in [1.29, 1.82) is 0 Å². The van der Waals surface area contributed by atoms with Crippen molar-refractivity contribution in [2.24, 2.45) is 5.41 Å². The topological polar surface area (TPSA) is 39.7 Å². The predicted octanol–water partition coefficient (Wildman–Crippen LogP) is 2.61. The maximum atomic E-state index is 6.04. The molecule has 0 aromatic carbocycles. The summed E-state index contributed by atoms with van der Waals surface area (Å²) in [5.74, 6) is 0. The molecule has 120 valence electrons. The summed E-state index contributed by atoms with van der Waals surface area (Å²) in [4.78, 5) is 0. The van der Waals surface area contributed by atoms with E-state index in [1.54, 1.807) is 7.11 Å². The zero-order chi connectivity index (χ0) is 14.8. The van der Waals surface area contributed by atoms with Gasteiger partial charge in [0.15, 0.2) is 0 Å². The van der Waals surface area contributed by atoms with Gasteiger partial charge in [0, 0.05) is 26.4 Å². The Morgan fingerprint density at radius 2 is 1.95 bits per heavy atom. The molecule has 1 aliphatic carbocycles. The van der Waals surface area contributed by atoms with Gasteiger partial charge in [-0.15, -0.1) is 0 Å². The van der Waals surface area contributed by atoms with Crippen molar-refractivity contribution in [1.82, 2.24) is 5.32 Å². The average Bonchev–Trinajstić information content (AvgIpc) is 2.70. The molecule has 0 radical (unpaired) electrons. The van der Waals surface area contributed by atoms with Crippen molar-refractivity contribution in [2.45, 2.75) is 58.6 Å². The van der Waals surface area contributed by atoms with E-state index in [1.165, 1.54) is 12.8 Å². The quantitative estimate of drug-likeness (QED) is 0.593. The summed E-state index contributed by atoms with van der Waals surface area (Å²) in [5, 5.41) is 3.66. The molecule has 4 heteroatoms. The van der Waals surface area contributed by atoms with Crippen molar-refractivity contribution in [3.8, 4) is 0 Å². The third kappa shape index (κ3) is 6.08. The van der Waals surface area contributed by atoms with E-state index in [0.29, 0.717) is 30.8 Å². The SMILES string of the molecule is CCCNC1C(OCCOCCCOC)CCC1(C)C. The van der Waals surface area contributed by atoms with Crippen LogP contribution in [-0.4, -0.2) is 52.2 Å². The predicted molar refractivity (Wildman–Crippen MR) is 82.1 cm³/mol. The first-order chi connectivity index (χ1) is 9.61. The van der Waals surface area contributed by atoms with Gasteiger partial charge in [0.1, 0.15) is 0 Å². The molecule has 2 unspecified atom stereocenters. The van der Waals surface area contributed by atoms with E-state index >= 15 is 0 Å². The van der Waals surface area contributed by atoms with Gasteiger partial charge in [0.25, 0.3) is 0 Å². The van der Waals surface area contributed by atoms with E-state index in [4.69, 9.17) is 14.2 Å². The minimum Gasteiger partial charge on any atom is -0.385 e. The van der Waals surface area contributed by atoms with Crippen LogP contribution in [0.5, 0.6) is 0 Å². The Balaban J connectivity index is 2.18. The summed E-state index contributed by atoms with van der Waals surface area (Å²) >= 11 is 0. The summed E-state index contributed by atoms with van der Waals surface area (Å²) < 4.78 is 16.6. The lowest BCUT2D eigenvalue weighted by Crippen LogP contribution is -2.46. The fourth-order valence-electron chi connectivity index (χ4n) is 2.89. The molecule has 1 saturated carbocycles. The molecular formula is C16H33NO3. The summed E-state index contributed by atoms with van der Waals surface area (Å²) in [5.41, 5.74) is 0.332. The van der Waals surface area contributed by atoms with Crippen LogP contribution in [0.15, 0.2) is 0 Å². The van der Waals surface area contributed by atoms with Crippen molar-refractivity contribution in [3.63, 3.8) is 0 Å². The lowest BCUT2D eigenvalue weighted by atomic mass is 9.87. The summed E-state index contributed by atoms with van der Waals surface area (Å²) in [6, 6.07) is 0.468. The molecule has 20 heavy (non-hydrogen) atoms. The third-order valence-electron chi connectivity index (χ3n) is 4.10. The maximum absolute atomic E-state index is 6.04. The second-order valence-corrected chi connectivity index (χ2v) is 6.33. The highest BCUT2D eigenvalue weighted by molar-refractivity contribution is 4.97. The fourth-order valence-corrected chi connectivity index (χ4v) is 2.89. The largest absolute Gasteiger partial charge is 0.385 e. The van der Waals surface area contributed by atoms with Gasteiger partial charge in [0.05, 0.1) is 19.3 Å². The van der Waals surface area contributed by atoms with Gasteiger partial charge in [-0.1, -0.05) is 20.8 Å². The Bertz CT molecular complexity index is 246. The Hall–Kier alpha value is -0.160. The van der Waals surface area contributed by atoms with Crippen LogP contribution in [0.2, 0.25) is 0 Å². The molecule has 4 nitrogen and oxygen atoms in total. The molecule has 0 aromatic rings. The Morgan fingerprint density at radius 1 is 1.15 bits per heavy atom. The summed E-state index contributed by atoms with van der Waals surface area (Å²) in [6.07, 6.45) is 4.83. The minimum absolute atomic E-state index is 0.332. The third-order valence-corrected chi connectivity index (χ3v) is 4.10. The van der Waals surface area contributed by atoms with Crippen LogP contribution < -0.4 is 5.32 Å². The van der Waals surface area contributed by atoms with Gasteiger partial charge >= 0.3 is 0 Å². The molecule has 0 heterocycles. The number of ether oxygens (including phenoxy) is 3. The molecule has 2 atom stereocenters. The fraction of sp³-hybridized carbons (Fsp3) is 1.00. The molecule has 0 spiro atoms. The molecule has 1 aliphatic rings. The van der Waals surface area contributed by atoms with E-state index in [1.807, 2.05) is 0 Å². The van der Waals surface area contributed by atoms with Crippen LogP contribution in [0, 0.1) is 5.41 Å². The Kier molecular flexibility index (Phi) is 8.69. The highest BCUT2D eigenvalue weighted by atomic mass is 16.5. The van der Waals surface area contributed by atoms with E-state index in [0.717, 1.165) is 32.6 Å². The van der Waals surface area contributed by atoms with Gasteiger partial charge in [-0.3, -0.25) is 0 Å². The molecule has 1 rings (SSSR count). The second kappa shape index (κ2) is 9.72. The van der Waals surface area contributed by atoms with Crippen molar-refractivity contribution in [3.05, 3.63) is 0 Å². The number of nitrogens with one attached hydrogen (secondary N) is 1. The summed E-state index contributed by atoms with van der Waals surface area (Å²) in [6.45, 7) is 10.8. The number of rotatable bonds is 11. The molecule has 0 bridgehead atoms. The van der Waals surface area contributed by atoms with Gasteiger partial charge in [-0.25, -0.2) is 0 Å². The number of hydrogen-bond acceptors (Lipinski definition) is 4. The lowest BCUT2D eigenvalue weighted by Gasteiger charge is -2.31. The molecular weight excluding hydrogens is 254 g/mol. The molecule has 0 amide bonds. The van der Waals surface area contributed by atoms with Gasteiger partial charge in [-0.2, -0.15) is 0 Å². The molecule has 0 aliphatic heterocycles. The summed E-state index contributed by atoms with van der Waals surface area (Å²) in [7, 11) is 1.72. The first-order valence-electron chi connectivity index (χ1n) is 8.03. The second-order valence-electron chi connectivity index (χ2n) is 6.33. The molecule has 1 fully saturated rings. The van der Waals surface area contributed by atoms with E-state index in [2.05, 4.69) is 26.1 Å². The van der Waals surface area contributed by atoms with Crippen molar-refractivity contribution >= 4 is 0 Å². The molecule has 0 aromatic heterocycles. The molecule has 0 saturated heterocycles. The van der Waals surface area contributed by atoms with E-state index in [-0.39, 0.29) is 0 Å². The van der Waals surface area contributed by atoms with Crippen LogP contribution in [0.4, 0.5) is 0 Å². The molecule has 1 N–H and O–H groups in total. The van der Waals surface area contributed by atoms with E-state index in [9.17, 15) is 0 Å². The lowest BCUT2D eigenvalue weighted by molar-refractivity contribution is -0.0127. The average molecular weight is 287 g/mol. The highest BCUT2D eigenvalue weighted by Crippen LogP contribution is 2.38. The first kappa shape index (κ1) is 17.9.